The van der Waals surface area contributed by atoms with E-state index in [9.17, 15) is 22.4 Å². The zero-order chi connectivity index (χ0) is 32.6. The van der Waals surface area contributed by atoms with Crippen LogP contribution in [0, 0.1) is 5.82 Å². The minimum Gasteiger partial charge on any atom is -0.493 e. The highest BCUT2D eigenvalue weighted by Crippen LogP contribution is 2.33. The lowest BCUT2D eigenvalue weighted by Crippen LogP contribution is -2.53. The number of amides is 2. The van der Waals surface area contributed by atoms with Crippen molar-refractivity contribution in [2.45, 2.75) is 57.1 Å². The zero-order valence-corrected chi connectivity index (χ0v) is 27.5. The second-order valence-corrected chi connectivity index (χ2v) is 12.7. The van der Waals surface area contributed by atoms with Gasteiger partial charge < -0.3 is 19.7 Å². The zero-order valence-electron chi connectivity index (χ0n) is 25.1. The number of hydrogen-bond donors (Lipinski definition) is 1. The van der Waals surface area contributed by atoms with Gasteiger partial charge in [0.15, 0.2) is 11.5 Å². The highest BCUT2D eigenvalue weighted by atomic mass is 35.5. The molecule has 2 amide bonds. The van der Waals surface area contributed by atoms with E-state index in [4.69, 9.17) is 32.7 Å². The van der Waals surface area contributed by atoms with Gasteiger partial charge in [0.2, 0.25) is 11.8 Å². The van der Waals surface area contributed by atoms with Crippen LogP contribution in [0.15, 0.2) is 65.6 Å². The van der Waals surface area contributed by atoms with Gasteiger partial charge in [-0.05, 0) is 73.9 Å². The third kappa shape index (κ3) is 8.34. The molecule has 3 aromatic carbocycles. The molecule has 238 valence electrons. The molecule has 0 bridgehead atoms. The highest BCUT2D eigenvalue weighted by Gasteiger charge is 2.34. The topological polar surface area (TPSA) is 105 Å². The molecule has 0 saturated heterocycles. The average Bonchev–Trinajstić information content (AvgIpc) is 3.01. The summed E-state index contributed by atoms with van der Waals surface area (Å²) in [6.07, 6.45) is 0.916. The predicted octanol–water partition coefficient (Wildman–Crippen LogP) is 6.07. The van der Waals surface area contributed by atoms with Crippen LogP contribution in [0.1, 0.15) is 39.2 Å². The Morgan fingerprint density at radius 3 is 2.14 bits per heavy atom. The first-order chi connectivity index (χ1) is 20.9. The van der Waals surface area contributed by atoms with Crippen LogP contribution >= 0.6 is 23.2 Å². The molecule has 1 N–H and O–H groups in total. The lowest BCUT2D eigenvalue weighted by atomic mass is 10.1. The first kappa shape index (κ1) is 34.9. The fourth-order valence-electron chi connectivity index (χ4n) is 4.44. The second-order valence-electron chi connectivity index (χ2n) is 10.0. The Morgan fingerprint density at radius 2 is 1.57 bits per heavy atom. The molecule has 9 nitrogen and oxygen atoms in total. The number of methoxy groups -OCH3 is 2. The number of carbonyl (C=O) groups is 2. The van der Waals surface area contributed by atoms with Crippen LogP contribution in [0.25, 0.3) is 0 Å². The molecule has 0 aromatic heterocycles. The van der Waals surface area contributed by atoms with Crippen LogP contribution in [-0.2, 0) is 26.2 Å². The smallest absolute Gasteiger partial charge is 0.264 e. The largest absolute Gasteiger partial charge is 0.493 e. The number of ether oxygens (including phenoxy) is 2. The average molecular weight is 669 g/mol. The number of benzene rings is 3. The van der Waals surface area contributed by atoms with E-state index in [1.165, 1.54) is 49.5 Å². The van der Waals surface area contributed by atoms with Crippen molar-refractivity contribution in [2.75, 3.05) is 25.1 Å². The quantitative estimate of drug-likeness (QED) is 0.224. The minimum absolute atomic E-state index is 0.0427. The van der Waals surface area contributed by atoms with E-state index in [2.05, 4.69) is 5.32 Å². The summed E-state index contributed by atoms with van der Waals surface area (Å²) in [5, 5.41) is 3.49. The Balaban J connectivity index is 2.11. The van der Waals surface area contributed by atoms with Crippen LogP contribution in [-0.4, -0.2) is 58.0 Å². The first-order valence-electron chi connectivity index (χ1n) is 13.9. The van der Waals surface area contributed by atoms with Crippen molar-refractivity contribution >= 4 is 50.7 Å². The van der Waals surface area contributed by atoms with Gasteiger partial charge in [0.25, 0.3) is 10.0 Å². The molecule has 0 aliphatic rings. The minimum atomic E-state index is -4.43. The molecule has 0 fully saturated rings. The molecule has 44 heavy (non-hydrogen) atoms. The lowest BCUT2D eigenvalue weighted by molar-refractivity contribution is -0.140. The van der Waals surface area contributed by atoms with Gasteiger partial charge >= 0.3 is 0 Å². The summed E-state index contributed by atoms with van der Waals surface area (Å²) >= 11 is 12.3. The van der Waals surface area contributed by atoms with Crippen LogP contribution in [0.5, 0.6) is 11.5 Å². The molecule has 0 aliphatic heterocycles. The third-order valence-corrected chi connectivity index (χ3v) is 9.57. The van der Waals surface area contributed by atoms with Crippen LogP contribution in [0.4, 0.5) is 10.1 Å². The lowest BCUT2D eigenvalue weighted by Gasteiger charge is -2.33. The molecule has 13 heteroatoms. The summed E-state index contributed by atoms with van der Waals surface area (Å²) in [6.45, 7) is 4.77. The Hall–Kier alpha value is -3.54. The standard InChI is InChI=1S/C31H36Cl2FN3O6S/c1-6-20(3)35-31(39)27(7-2)36(18-21-8-14-25(32)26(33)16-21)30(38)19-37(23-11-9-22(34)10-12-23)44(40,41)24-13-15-28(42-4)29(17-24)43-5/h8-17,20,27H,6-7,18-19H2,1-5H3,(H,35,39)/t20-,27+/m0/s1. The number of carbonyl (C=O) groups excluding carboxylic acids is 2. The van der Waals surface area contributed by atoms with E-state index >= 15 is 0 Å². The Labute approximate surface area is 267 Å². The van der Waals surface area contributed by atoms with Gasteiger partial charge in [0, 0.05) is 18.7 Å². The van der Waals surface area contributed by atoms with Crippen LogP contribution in [0.3, 0.4) is 0 Å². The third-order valence-electron chi connectivity index (χ3n) is 7.06. The van der Waals surface area contributed by atoms with Gasteiger partial charge in [-0.3, -0.25) is 13.9 Å². The van der Waals surface area contributed by atoms with Crippen molar-refractivity contribution in [1.82, 2.24) is 10.2 Å². The molecular formula is C31H36Cl2FN3O6S. The second kappa shape index (κ2) is 15.5. The maximum Gasteiger partial charge on any atom is 0.264 e. The maximum atomic E-state index is 14.2. The van der Waals surface area contributed by atoms with Gasteiger partial charge in [-0.2, -0.15) is 0 Å². The van der Waals surface area contributed by atoms with E-state index in [1.807, 2.05) is 13.8 Å². The van der Waals surface area contributed by atoms with Crippen molar-refractivity contribution in [3.63, 3.8) is 0 Å². The van der Waals surface area contributed by atoms with E-state index in [1.54, 1.807) is 25.1 Å². The van der Waals surface area contributed by atoms with Crippen molar-refractivity contribution < 1.29 is 31.9 Å². The summed E-state index contributed by atoms with van der Waals surface area (Å²) in [4.78, 5) is 28.7. The van der Waals surface area contributed by atoms with Gasteiger partial charge in [0.05, 0.1) is 34.8 Å². The summed E-state index contributed by atoms with van der Waals surface area (Å²) < 4.78 is 53.5. The Kier molecular flexibility index (Phi) is 12.3. The number of rotatable bonds is 14. The fourth-order valence-corrected chi connectivity index (χ4v) is 6.19. The molecule has 0 radical (unpaired) electrons. The van der Waals surface area contributed by atoms with Gasteiger partial charge in [-0.1, -0.05) is 43.1 Å². The molecule has 0 spiro atoms. The summed E-state index contributed by atoms with van der Waals surface area (Å²) in [6, 6.07) is 12.5. The van der Waals surface area contributed by atoms with E-state index in [0.29, 0.717) is 22.8 Å². The molecule has 0 heterocycles. The Bertz CT molecular complexity index is 1570. The molecule has 0 aliphatic carbocycles. The maximum absolute atomic E-state index is 14.2. The van der Waals surface area contributed by atoms with Gasteiger partial charge in [-0.25, -0.2) is 12.8 Å². The molecule has 0 saturated carbocycles. The summed E-state index contributed by atoms with van der Waals surface area (Å²) in [7, 11) is -1.64. The van der Waals surface area contributed by atoms with Crippen LogP contribution < -0.4 is 19.1 Å². The molecule has 3 rings (SSSR count). The van der Waals surface area contributed by atoms with Crippen molar-refractivity contribution in [2.24, 2.45) is 0 Å². The molecule has 2 atom stereocenters. The SMILES string of the molecule is CC[C@H](C(=O)N[C@@H](C)CC)N(Cc1ccc(Cl)c(Cl)c1)C(=O)CN(c1ccc(F)cc1)S(=O)(=O)c1ccc(OC)c(OC)c1. The number of anilines is 1. The van der Waals surface area contributed by atoms with Crippen molar-refractivity contribution in [3.8, 4) is 11.5 Å². The summed E-state index contributed by atoms with van der Waals surface area (Å²) in [5.74, 6) is -1.17. The van der Waals surface area contributed by atoms with Crippen LogP contribution in [0.2, 0.25) is 10.0 Å². The van der Waals surface area contributed by atoms with Crippen molar-refractivity contribution in [3.05, 3.63) is 82.1 Å². The van der Waals surface area contributed by atoms with Gasteiger partial charge in [-0.15, -0.1) is 0 Å². The number of nitrogens with one attached hydrogen (secondary N) is 1. The highest BCUT2D eigenvalue weighted by molar-refractivity contribution is 7.92. The van der Waals surface area contributed by atoms with Crippen molar-refractivity contribution in [1.29, 1.82) is 0 Å². The monoisotopic (exact) mass is 667 g/mol. The van der Waals surface area contributed by atoms with E-state index < -0.39 is 34.3 Å². The number of halogens is 3. The molecular weight excluding hydrogens is 632 g/mol. The fraction of sp³-hybridized carbons (Fsp3) is 0.355. The predicted molar refractivity (Wildman–Crippen MR) is 169 cm³/mol. The molecule has 3 aromatic rings. The molecule has 0 unspecified atom stereocenters. The normalized spacial score (nSPS) is 12.6. The Morgan fingerprint density at radius 1 is 0.909 bits per heavy atom. The summed E-state index contributed by atoms with van der Waals surface area (Å²) in [5.41, 5.74) is 0.625. The first-order valence-corrected chi connectivity index (χ1v) is 16.1. The van der Waals surface area contributed by atoms with E-state index in [0.717, 1.165) is 16.4 Å². The van der Waals surface area contributed by atoms with E-state index in [-0.39, 0.29) is 46.3 Å². The number of hydrogen-bond acceptors (Lipinski definition) is 6. The van der Waals surface area contributed by atoms with Gasteiger partial charge in [0.1, 0.15) is 18.4 Å². The number of nitrogens with zero attached hydrogens (tertiary/aromatic N) is 2. The number of sulfonamides is 1.